The third-order valence-electron chi connectivity index (χ3n) is 10.4. The smallest absolute Gasteiger partial charge is 0.336 e. The van der Waals surface area contributed by atoms with Gasteiger partial charge in [0.25, 0.3) is 17.7 Å². The highest BCUT2D eigenvalue weighted by molar-refractivity contribution is 6.30. The van der Waals surface area contributed by atoms with E-state index in [9.17, 15) is 34.0 Å². The third-order valence-corrected chi connectivity index (χ3v) is 10.4. The number of imide groups is 3. The first kappa shape index (κ1) is 45.3. The molecule has 3 aromatic carbocycles. The molecule has 3 aromatic rings. The molecule has 328 valence electrons. The number of carbonyl (C=O) groups excluding carboxylic acids is 6. The third kappa shape index (κ3) is 10.4. The number of benzene rings is 3. The number of hydrogen-bond donors (Lipinski definition) is 2. The molecule has 0 aromatic heterocycles. The summed E-state index contributed by atoms with van der Waals surface area (Å²) in [6.07, 6.45) is 0.146. The van der Waals surface area contributed by atoms with Crippen molar-refractivity contribution in [3.63, 3.8) is 0 Å². The first-order valence-corrected chi connectivity index (χ1v) is 20.3. The summed E-state index contributed by atoms with van der Waals surface area (Å²) in [5, 5.41) is 14.6. The number of nitrogens with zero attached hydrogens (tertiary/aromatic N) is 4. The Labute approximate surface area is 358 Å². The predicted octanol–water partition coefficient (Wildman–Crippen LogP) is 3.59. The Hall–Kier alpha value is -6.23. The van der Waals surface area contributed by atoms with Crippen molar-refractivity contribution in [3.05, 3.63) is 82.9 Å². The van der Waals surface area contributed by atoms with Gasteiger partial charge in [-0.2, -0.15) is 5.26 Å². The summed E-state index contributed by atoms with van der Waals surface area (Å²) in [6.45, 7) is 9.54. The molecule has 18 heteroatoms. The predicted molar refractivity (Wildman–Crippen MR) is 223 cm³/mol. The van der Waals surface area contributed by atoms with Crippen LogP contribution in [0.25, 0.3) is 0 Å². The molecule has 18 nitrogen and oxygen atoms in total. The van der Waals surface area contributed by atoms with Crippen molar-refractivity contribution in [2.24, 2.45) is 0 Å². The fourth-order valence-electron chi connectivity index (χ4n) is 7.18. The normalized spacial score (nSPS) is 17.1. The minimum Gasteiger partial charge on any atom is -0.491 e. The van der Waals surface area contributed by atoms with Crippen LogP contribution in [0, 0.1) is 18.3 Å². The van der Waals surface area contributed by atoms with Crippen molar-refractivity contribution in [2.45, 2.75) is 45.2 Å². The van der Waals surface area contributed by atoms with Gasteiger partial charge >= 0.3 is 6.03 Å². The lowest BCUT2D eigenvalue weighted by Gasteiger charge is -2.27. The standard InChI is InChI=1S/C44H50N6O12/c1-29-27-32(8-7-30(29)28-45)48-42(55)44(2,3)50(43(48)56)31-9-11-33(12-10-31)62-26-25-61-24-23-60-22-21-59-20-19-58-18-17-57-16-15-46-35-6-4-5-34-38(35)41(54)49(40(34)53)36-13-14-37(51)47-39(36)52/h4-12,27,36,46H,13-26H2,1-3H3,(H,47,51,52). The Morgan fingerprint density at radius 3 is 1.95 bits per heavy atom. The van der Waals surface area contributed by atoms with E-state index >= 15 is 0 Å². The topological polar surface area (TPSA) is 215 Å². The molecule has 62 heavy (non-hydrogen) atoms. The molecule has 0 radical (unpaired) electrons. The Morgan fingerprint density at radius 1 is 0.758 bits per heavy atom. The molecule has 3 aliphatic rings. The van der Waals surface area contributed by atoms with Crippen LogP contribution in [0.5, 0.6) is 5.75 Å². The largest absolute Gasteiger partial charge is 0.491 e. The number of nitrogens with one attached hydrogen (secondary N) is 2. The van der Waals surface area contributed by atoms with Crippen LogP contribution < -0.4 is 25.2 Å². The summed E-state index contributed by atoms with van der Waals surface area (Å²) in [5.41, 5.74) is 1.85. The zero-order chi connectivity index (χ0) is 44.2. The van der Waals surface area contributed by atoms with E-state index in [2.05, 4.69) is 16.7 Å². The Kier molecular flexibility index (Phi) is 15.4. The molecule has 2 saturated heterocycles. The van der Waals surface area contributed by atoms with Gasteiger partial charge in [-0.05, 0) is 87.4 Å². The van der Waals surface area contributed by atoms with Crippen LogP contribution in [0.15, 0.2) is 60.7 Å². The van der Waals surface area contributed by atoms with Crippen LogP contribution >= 0.6 is 0 Å². The molecule has 3 aliphatic heterocycles. The average molecular weight is 855 g/mol. The van der Waals surface area contributed by atoms with Crippen LogP contribution in [0.2, 0.25) is 0 Å². The molecule has 6 rings (SSSR count). The molecule has 3 heterocycles. The van der Waals surface area contributed by atoms with Crippen LogP contribution in [0.1, 0.15) is 58.5 Å². The highest BCUT2D eigenvalue weighted by atomic mass is 16.6. The van der Waals surface area contributed by atoms with Gasteiger partial charge < -0.3 is 33.7 Å². The number of rotatable bonds is 23. The molecule has 0 spiro atoms. The Bertz CT molecular complexity index is 2190. The molecule has 0 bridgehead atoms. The minimum absolute atomic E-state index is 0.0543. The number of carbonyl (C=O) groups is 6. The number of amides is 7. The van der Waals surface area contributed by atoms with Crippen molar-refractivity contribution < 1.29 is 57.2 Å². The number of anilines is 3. The number of fused-ring (bicyclic) bond motifs is 1. The number of ether oxygens (including phenoxy) is 6. The van der Waals surface area contributed by atoms with Crippen molar-refractivity contribution in [2.75, 3.05) is 94.3 Å². The van der Waals surface area contributed by atoms with Crippen molar-refractivity contribution >= 4 is 52.6 Å². The van der Waals surface area contributed by atoms with Crippen molar-refractivity contribution in [3.8, 4) is 11.8 Å². The lowest BCUT2D eigenvalue weighted by molar-refractivity contribution is -0.136. The lowest BCUT2D eigenvalue weighted by Crippen LogP contribution is -2.54. The first-order valence-electron chi connectivity index (χ1n) is 20.3. The summed E-state index contributed by atoms with van der Waals surface area (Å²) in [6, 6.07) is 17.3. The fraction of sp³-hybridized carbons (Fsp3) is 0.432. The second-order valence-corrected chi connectivity index (χ2v) is 14.9. The number of piperidine rings is 1. The van der Waals surface area contributed by atoms with Gasteiger partial charge in [-0.15, -0.1) is 0 Å². The zero-order valence-electron chi connectivity index (χ0n) is 34.9. The highest BCUT2D eigenvalue weighted by Gasteiger charge is 2.53. The number of aryl methyl sites for hydroxylation is 1. The van der Waals surface area contributed by atoms with Gasteiger partial charge in [0, 0.05) is 24.3 Å². The lowest BCUT2D eigenvalue weighted by atomic mass is 10.0. The van der Waals surface area contributed by atoms with Gasteiger partial charge in [-0.1, -0.05) is 6.07 Å². The van der Waals surface area contributed by atoms with Gasteiger partial charge in [0.05, 0.1) is 94.5 Å². The van der Waals surface area contributed by atoms with Gasteiger partial charge in [-0.25, -0.2) is 9.69 Å². The Balaban J connectivity index is 0.753. The average Bonchev–Trinajstić information content (AvgIpc) is 3.61. The summed E-state index contributed by atoms with van der Waals surface area (Å²) < 4.78 is 33.6. The maximum atomic E-state index is 13.5. The summed E-state index contributed by atoms with van der Waals surface area (Å²) in [5.74, 6) is -2.00. The summed E-state index contributed by atoms with van der Waals surface area (Å²) in [4.78, 5) is 80.4. The van der Waals surface area contributed by atoms with Crippen LogP contribution in [-0.2, 0) is 38.1 Å². The van der Waals surface area contributed by atoms with Crippen LogP contribution in [0.3, 0.4) is 0 Å². The van der Waals surface area contributed by atoms with E-state index in [1.807, 2.05) is 0 Å². The van der Waals surface area contributed by atoms with E-state index in [1.54, 1.807) is 81.4 Å². The van der Waals surface area contributed by atoms with Gasteiger partial charge in [0.2, 0.25) is 11.8 Å². The molecule has 7 amide bonds. The van der Waals surface area contributed by atoms with Crippen molar-refractivity contribution in [1.29, 1.82) is 5.26 Å². The van der Waals surface area contributed by atoms with Crippen LogP contribution in [0.4, 0.5) is 21.9 Å². The Morgan fingerprint density at radius 2 is 1.35 bits per heavy atom. The van der Waals surface area contributed by atoms with E-state index in [1.165, 1.54) is 4.90 Å². The van der Waals surface area contributed by atoms with E-state index < -0.39 is 41.2 Å². The van der Waals surface area contributed by atoms with Crippen LogP contribution in [-0.4, -0.2) is 131 Å². The van der Waals surface area contributed by atoms with Crippen molar-refractivity contribution in [1.82, 2.24) is 10.2 Å². The molecule has 1 unspecified atom stereocenters. The van der Waals surface area contributed by atoms with E-state index in [4.69, 9.17) is 28.4 Å². The number of urea groups is 1. The maximum absolute atomic E-state index is 13.5. The maximum Gasteiger partial charge on any atom is 0.336 e. The highest BCUT2D eigenvalue weighted by Crippen LogP contribution is 2.37. The molecule has 0 aliphatic carbocycles. The molecular formula is C44H50N6O12. The number of hydrogen-bond acceptors (Lipinski definition) is 14. The number of nitriles is 1. The van der Waals surface area contributed by atoms with E-state index in [-0.39, 0.29) is 29.9 Å². The fourth-order valence-corrected chi connectivity index (χ4v) is 7.18. The second-order valence-electron chi connectivity index (χ2n) is 14.9. The van der Waals surface area contributed by atoms with Gasteiger partial charge in [-0.3, -0.25) is 39.1 Å². The quantitative estimate of drug-likeness (QED) is 0.0793. The molecule has 0 saturated carbocycles. The second kappa shape index (κ2) is 21.0. The van der Waals surface area contributed by atoms with Gasteiger partial charge in [0.1, 0.15) is 23.9 Å². The first-order chi connectivity index (χ1) is 29.9. The van der Waals surface area contributed by atoms with Gasteiger partial charge in [0.15, 0.2) is 0 Å². The summed E-state index contributed by atoms with van der Waals surface area (Å²) in [7, 11) is 0. The minimum atomic E-state index is -1.13. The SMILES string of the molecule is Cc1cc(N2C(=O)N(c3ccc(OCCOCCOCCOCCOCCOCCNc4cccc5c4C(=O)N(C4CCC(=O)NC4=O)C5=O)cc3)C(C)(C)C2=O)ccc1C#N. The molecule has 1 atom stereocenters. The van der Waals surface area contributed by atoms with E-state index in [0.29, 0.717) is 113 Å². The summed E-state index contributed by atoms with van der Waals surface area (Å²) >= 11 is 0. The molecule has 2 N–H and O–H groups in total. The zero-order valence-corrected chi connectivity index (χ0v) is 34.9. The molecule has 2 fully saturated rings. The molecular weight excluding hydrogens is 805 g/mol. The monoisotopic (exact) mass is 854 g/mol. The van der Waals surface area contributed by atoms with E-state index in [0.717, 1.165) is 9.80 Å².